The molecular formula is C64H52Si2. The third-order valence-electron chi connectivity index (χ3n) is 14.3. The first-order chi connectivity index (χ1) is 32.0. The van der Waals surface area contributed by atoms with Gasteiger partial charge in [0.1, 0.15) is 0 Å². The zero-order valence-corrected chi connectivity index (χ0v) is 40.6. The molecular weight excluding hydrogens is 825 g/mol. The number of fused-ring (bicyclic) bond motifs is 8. The van der Waals surface area contributed by atoms with Crippen molar-refractivity contribution in [1.29, 1.82) is 0 Å². The summed E-state index contributed by atoms with van der Waals surface area (Å²) >= 11 is 0. The Morgan fingerprint density at radius 3 is 1.21 bits per heavy atom. The van der Waals surface area contributed by atoms with Gasteiger partial charge in [-0.2, -0.15) is 0 Å². The lowest BCUT2D eigenvalue weighted by molar-refractivity contribution is 1.65. The van der Waals surface area contributed by atoms with Crippen molar-refractivity contribution >= 4 is 102 Å². The summed E-state index contributed by atoms with van der Waals surface area (Å²) in [5.41, 5.74) is 10.1. The average Bonchev–Trinajstić information content (AvgIpc) is 3.33. The van der Waals surface area contributed by atoms with Gasteiger partial charge in [-0.15, -0.1) is 0 Å². The van der Waals surface area contributed by atoms with Crippen molar-refractivity contribution < 1.29 is 0 Å². The monoisotopic (exact) mass is 876 g/mol. The first-order valence-electron chi connectivity index (χ1n) is 23.5. The zero-order valence-electron chi connectivity index (χ0n) is 38.6. The van der Waals surface area contributed by atoms with E-state index in [1.807, 2.05) is 0 Å². The summed E-state index contributed by atoms with van der Waals surface area (Å²) in [4.78, 5) is 0. The van der Waals surface area contributed by atoms with E-state index in [9.17, 15) is 0 Å². The molecule has 0 aliphatic heterocycles. The van der Waals surface area contributed by atoms with Crippen molar-refractivity contribution in [3.8, 4) is 44.5 Å². The van der Waals surface area contributed by atoms with Crippen molar-refractivity contribution in [2.24, 2.45) is 0 Å². The quantitative estimate of drug-likeness (QED) is 0.0887. The molecule has 0 N–H and O–H groups in total. The molecule has 0 bridgehead atoms. The van der Waals surface area contributed by atoms with Crippen molar-refractivity contribution in [3.63, 3.8) is 0 Å². The molecule has 0 nitrogen and oxygen atoms in total. The second-order valence-corrected chi connectivity index (χ2v) is 30.6. The fourth-order valence-electron chi connectivity index (χ4n) is 10.8. The molecule has 66 heavy (non-hydrogen) atoms. The van der Waals surface area contributed by atoms with Crippen molar-refractivity contribution in [2.45, 2.75) is 39.3 Å². The molecule has 0 aliphatic rings. The Kier molecular flexibility index (Phi) is 9.33. The van der Waals surface area contributed by atoms with Gasteiger partial charge in [-0.05, 0) is 144 Å². The van der Waals surface area contributed by atoms with E-state index in [2.05, 4.69) is 246 Å². The van der Waals surface area contributed by atoms with Crippen LogP contribution in [0.3, 0.4) is 0 Å². The van der Waals surface area contributed by atoms with E-state index in [0.29, 0.717) is 0 Å². The van der Waals surface area contributed by atoms with Crippen LogP contribution in [0.25, 0.3) is 120 Å². The molecule has 316 valence electrons. The molecule has 0 radical (unpaired) electrons. The molecule has 12 aromatic rings. The Hall–Kier alpha value is -7.11. The summed E-state index contributed by atoms with van der Waals surface area (Å²) in [5, 5.41) is 20.8. The molecule has 0 saturated carbocycles. The molecule has 0 aliphatic carbocycles. The molecule has 12 rings (SSSR count). The first kappa shape index (κ1) is 40.4. The topological polar surface area (TPSA) is 0 Å². The summed E-state index contributed by atoms with van der Waals surface area (Å²) in [6, 6.07) is 78.9. The lowest BCUT2D eigenvalue weighted by Gasteiger charge is -2.23. The lowest BCUT2D eigenvalue weighted by Crippen LogP contribution is -2.37. The van der Waals surface area contributed by atoms with Crippen LogP contribution in [0.1, 0.15) is 0 Å². The largest absolute Gasteiger partial charge is 0.0776 e. The lowest BCUT2D eigenvalue weighted by atomic mass is 9.80. The highest BCUT2D eigenvalue weighted by Crippen LogP contribution is 2.51. The van der Waals surface area contributed by atoms with Gasteiger partial charge in [0.15, 0.2) is 0 Å². The first-order valence-corrected chi connectivity index (χ1v) is 30.5. The molecule has 0 amide bonds. The molecule has 0 fully saturated rings. The maximum Gasteiger partial charge on any atom is 0.0776 e. The predicted molar refractivity (Wildman–Crippen MR) is 297 cm³/mol. The van der Waals surface area contributed by atoms with Crippen LogP contribution in [0.2, 0.25) is 39.3 Å². The van der Waals surface area contributed by atoms with E-state index in [0.717, 1.165) is 0 Å². The van der Waals surface area contributed by atoms with Crippen LogP contribution in [0, 0.1) is 0 Å². The van der Waals surface area contributed by atoms with Gasteiger partial charge in [0.2, 0.25) is 0 Å². The third kappa shape index (κ3) is 6.62. The molecule has 2 heteroatoms. The molecule has 0 spiro atoms. The van der Waals surface area contributed by atoms with E-state index in [-0.39, 0.29) is 0 Å². The van der Waals surface area contributed by atoms with Gasteiger partial charge < -0.3 is 0 Å². The van der Waals surface area contributed by atoms with Crippen LogP contribution in [0.15, 0.2) is 206 Å². The number of hydrogen-bond acceptors (Lipinski definition) is 0. The second kappa shape index (κ2) is 15.2. The highest BCUT2D eigenvalue weighted by Gasteiger charge is 2.24. The fourth-order valence-corrected chi connectivity index (χ4v) is 13.2. The number of hydrogen-bond donors (Lipinski definition) is 0. The molecule has 12 aromatic carbocycles. The summed E-state index contributed by atoms with van der Waals surface area (Å²) in [7, 11) is -2.97. The van der Waals surface area contributed by atoms with Gasteiger partial charge in [0, 0.05) is 0 Å². The summed E-state index contributed by atoms with van der Waals surface area (Å²) in [6.45, 7) is 14.6. The maximum atomic E-state index is 2.57. The molecule has 0 atom stereocenters. The van der Waals surface area contributed by atoms with Gasteiger partial charge >= 0.3 is 0 Å². The summed E-state index contributed by atoms with van der Waals surface area (Å²) in [5.74, 6) is 0. The Balaban J connectivity index is 1.26. The predicted octanol–water partition coefficient (Wildman–Crippen LogP) is 17.5. The van der Waals surface area contributed by atoms with E-state index >= 15 is 0 Å². The van der Waals surface area contributed by atoms with Gasteiger partial charge in [-0.25, -0.2) is 0 Å². The Morgan fingerprint density at radius 2 is 0.652 bits per heavy atom. The molecule has 0 saturated heterocycles. The SMILES string of the molecule is C[Si](C)(C)c1ccc2cc(-c3c4ccccc4c(-c4ccc5cc([Si](C)(C)C)ccc5c4)c4cc5c(cc34)c(-c3ccccc3)c(-c3cccc4ccccc34)c3ccccc35)ccc2c1. The normalized spacial score (nSPS) is 12.4. The second-order valence-electron chi connectivity index (χ2n) is 20.5. The van der Waals surface area contributed by atoms with E-state index in [4.69, 9.17) is 0 Å². The van der Waals surface area contributed by atoms with E-state index in [1.165, 1.54) is 130 Å². The highest BCUT2D eigenvalue weighted by atomic mass is 28.3. The summed E-state index contributed by atoms with van der Waals surface area (Å²) in [6.07, 6.45) is 0. The van der Waals surface area contributed by atoms with Crippen LogP contribution < -0.4 is 10.4 Å². The van der Waals surface area contributed by atoms with Gasteiger partial charge in [0.25, 0.3) is 0 Å². The zero-order chi connectivity index (χ0) is 44.9. The Labute approximate surface area is 389 Å². The highest BCUT2D eigenvalue weighted by molar-refractivity contribution is 6.89. The van der Waals surface area contributed by atoms with Gasteiger partial charge in [0.05, 0.1) is 16.1 Å². The Morgan fingerprint density at radius 1 is 0.227 bits per heavy atom. The van der Waals surface area contributed by atoms with Crippen molar-refractivity contribution in [1.82, 2.24) is 0 Å². The third-order valence-corrected chi connectivity index (χ3v) is 18.4. The van der Waals surface area contributed by atoms with Crippen LogP contribution in [0.4, 0.5) is 0 Å². The maximum absolute atomic E-state index is 2.57. The Bertz CT molecular complexity index is 3930. The molecule has 0 unspecified atom stereocenters. The van der Waals surface area contributed by atoms with E-state index in [1.54, 1.807) is 0 Å². The van der Waals surface area contributed by atoms with Gasteiger partial charge in [-0.3, -0.25) is 0 Å². The smallest absolute Gasteiger partial charge is 0.0656 e. The van der Waals surface area contributed by atoms with Crippen molar-refractivity contribution in [2.75, 3.05) is 0 Å². The summed E-state index contributed by atoms with van der Waals surface area (Å²) < 4.78 is 0. The van der Waals surface area contributed by atoms with Crippen molar-refractivity contribution in [3.05, 3.63) is 206 Å². The molecule has 0 heterocycles. The molecule has 0 aromatic heterocycles. The van der Waals surface area contributed by atoms with Crippen LogP contribution in [-0.4, -0.2) is 16.1 Å². The minimum atomic E-state index is -1.49. The van der Waals surface area contributed by atoms with Gasteiger partial charge in [-0.1, -0.05) is 232 Å². The fraction of sp³-hybridized carbons (Fsp3) is 0.0938. The minimum absolute atomic E-state index is 1.22. The van der Waals surface area contributed by atoms with E-state index < -0.39 is 16.1 Å². The number of benzene rings is 12. The van der Waals surface area contributed by atoms with Crippen LogP contribution in [-0.2, 0) is 0 Å². The van der Waals surface area contributed by atoms with Crippen LogP contribution in [0.5, 0.6) is 0 Å². The van der Waals surface area contributed by atoms with Crippen LogP contribution >= 0.6 is 0 Å². The number of rotatable bonds is 6. The minimum Gasteiger partial charge on any atom is -0.0656 e. The standard InChI is InChI=1S/C64H52Si2/c1-65(2,3)49-33-31-43-35-47(29-27-45(43)37-49)61-55-24-14-15-25-56(55)62(48-30-28-46-38-50(66(4,5)6)34-32-44(46)36-48)60-40-58-57(39-59(60)61)52-22-12-13-23-54(52)64(63(58)42-18-8-7-9-19-42)53-26-16-20-41-17-10-11-21-51(41)53/h7-40H,1-6H3. The average molecular weight is 877 g/mol.